The number of rotatable bonds is 7. The van der Waals surface area contributed by atoms with E-state index in [-0.39, 0.29) is 5.69 Å². The quantitative estimate of drug-likeness (QED) is 0.329. The van der Waals surface area contributed by atoms with Gasteiger partial charge in [0.05, 0.1) is 30.5 Å². The van der Waals surface area contributed by atoms with E-state index >= 15 is 0 Å². The van der Waals surface area contributed by atoms with Gasteiger partial charge in [-0.2, -0.15) is 13.2 Å². The minimum atomic E-state index is -4.51. The lowest BCUT2D eigenvalue weighted by molar-refractivity contribution is -0.137. The zero-order valence-electron chi connectivity index (χ0n) is 18.7. The van der Waals surface area contributed by atoms with Gasteiger partial charge in [-0.05, 0) is 55.8 Å². The molecule has 0 spiro atoms. The fraction of sp³-hybridized carbons (Fsp3) is 0.375. The molecular formula is C24H25F3N4O2S. The fourth-order valence-corrected chi connectivity index (χ4v) is 4.89. The summed E-state index contributed by atoms with van der Waals surface area (Å²) in [7, 11) is 1.32. The number of ether oxygens (including phenoxy) is 1. The number of methoxy groups -OCH3 is 1. The molecule has 1 aliphatic rings. The monoisotopic (exact) mass is 490 g/mol. The van der Waals surface area contributed by atoms with Crippen LogP contribution in [-0.2, 0) is 23.2 Å². The van der Waals surface area contributed by atoms with Crippen molar-refractivity contribution in [3.63, 3.8) is 0 Å². The number of thioether (sulfide) groups is 1. The molecule has 1 aromatic heterocycles. The van der Waals surface area contributed by atoms with Gasteiger partial charge in [-0.1, -0.05) is 42.4 Å². The third-order valence-corrected chi connectivity index (χ3v) is 6.71. The Balaban J connectivity index is 1.64. The molecule has 4 rings (SSSR count). The Kier molecular flexibility index (Phi) is 7.57. The molecule has 1 aliphatic heterocycles. The number of esters is 1. The maximum absolute atomic E-state index is 13.8. The number of hydrogen-bond acceptors (Lipinski definition) is 6. The predicted molar refractivity (Wildman–Crippen MR) is 123 cm³/mol. The summed E-state index contributed by atoms with van der Waals surface area (Å²) in [5.74, 6) is 0.518. The van der Waals surface area contributed by atoms with E-state index in [0.29, 0.717) is 28.8 Å². The van der Waals surface area contributed by atoms with E-state index in [2.05, 4.69) is 15.1 Å². The lowest BCUT2D eigenvalue weighted by atomic mass is 10.1. The lowest BCUT2D eigenvalue weighted by Crippen LogP contribution is -2.30. The van der Waals surface area contributed by atoms with E-state index in [9.17, 15) is 18.0 Å². The molecule has 2 heterocycles. The van der Waals surface area contributed by atoms with Gasteiger partial charge in [0.25, 0.3) is 0 Å². The van der Waals surface area contributed by atoms with Gasteiger partial charge < -0.3 is 4.74 Å². The molecule has 34 heavy (non-hydrogen) atoms. The number of nitrogens with zero attached hydrogens (tertiary/aromatic N) is 4. The van der Waals surface area contributed by atoms with Crippen LogP contribution >= 0.6 is 11.8 Å². The average molecular weight is 491 g/mol. The largest absolute Gasteiger partial charge is 0.465 e. The molecule has 1 saturated heterocycles. The van der Waals surface area contributed by atoms with Crippen molar-refractivity contribution in [2.24, 2.45) is 0 Å². The number of alkyl halides is 3. The van der Waals surface area contributed by atoms with E-state index in [1.807, 2.05) is 0 Å². The van der Waals surface area contributed by atoms with Crippen molar-refractivity contribution in [3.05, 3.63) is 71.0 Å². The van der Waals surface area contributed by atoms with Gasteiger partial charge in [0.1, 0.15) is 0 Å². The first-order chi connectivity index (χ1) is 16.4. The molecule has 10 heteroatoms. The Morgan fingerprint density at radius 1 is 1.03 bits per heavy atom. The van der Waals surface area contributed by atoms with Crippen molar-refractivity contribution >= 4 is 17.7 Å². The highest BCUT2D eigenvalue weighted by atomic mass is 32.2. The second-order valence-electron chi connectivity index (χ2n) is 8.06. The number of benzene rings is 2. The Morgan fingerprint density at radius 3 is 2.41 bits per heavy atom. The highest BCUT2D eigenvalue weighted by Gasteiger charge is 2.35. The molecule has 180 valence electrons. The topological polar surface area (TPSA) is 60.2 Å². The van der Waals surface area contributed by atoms with E-state index in [4.69, 9.17) is 4.74 Å². The summed E-state index contributed by atoms with van der Waals surface area (Å²) in [6, 6.07) is 12.4. The first-order valence-electron chi connectivity index (χ1n) is 11.0. The Labute approximate surface area is 200 Å². The van der Waals surface area contributed by atoms with Crippen LogP contribution in [0, 0.1) is 0 Å². The Hall–Kier alpha value is -2.85. The number of para-hydroxylation sites is 1. The Morgan fingerprint density at radius 2 is 1.74 bits per heavy atom. The van der Waals surface area contributed by atoms with Crippen LogP contribution in [0.2, 0.25) is 0 Å². The van der Waals surface area contributed by atoms with Crippen molar-refractivity contribution in [3.8, 4) is 5.69 Å². The molecule has 2 aromatic carbocycles. The van der Waals surface area contributed by atoms with E-state index in [1.54, 1.807) is 30.3 Å². The van der Waals surface area contributed by atoms with Crippen molar-refractivity contribution < 1.29 is 22.7 Å². The number of carbonyl (C=O) groups excluding carboxylic acids is 1. The minimum Gasteiger partial charge on any atom is -0.465 e. The minimum absolute atomic E-state index is 0.0237. The van der Waals surface area contributed by atoms with Gasteiger partial charge in [0.15, 0.2) is 11.0 Å². The zero-order valence-corrected chi connectivity index (χ0v) is 19.5. The maximum Gasteiger partial charge on any atom is 0.418 e. The number of carbonyl (C=O) groups is 1. The summed E-state index contributed by atoms with van der Waals surface area (Å²) >= 11 is 1.30. The lowest BCUT2D eigenvalue weighted by Gasteiger charge is -2.26. The highest BCUT2D eigenvalue weighted by Crippen LogP contribution is 2.36. The van der Waals surface area contributed by atoms with Crippen LogP contribution in [0.15, 0.2) is 53.7 Å². The van der Waals surface area contributed by atoms with Crippen molar-refractivity contribution in [2.75, 3.05) is 20.2 Å². The molecule has 6 nitrogen and oxygen atoms in total. The molecule has 0 unspecified atom stereocenters. The first kappa shape index (κ1) is 24.3. The molecule has 0 N–H and O–H groups in total. The normalized spacial score (nSPS) is 14.8. The summed E-state index contributed by atoms with van der Waals surface area (Å²) in [5.41, 5.74) is 0.630. The number of piperidine rings is 1. The van der Waals surface area contributed by atoms with Crippen molar-refractivity contribution in [1.82, 2.24) is 19.7 Å². The van der Waals surface area contributed by atoms with Gasteiger partial charge in [-0.15, -0.1) is 10.2 Å². The van der Waals surface area contributed by atoms with Crippen LogP contribution in [0.5, 0.6) is 0 Å². The highest BCUT2D eigenvalue weighted by molar-refractivity contribution is 7.98. The summed E-state index contributed by atoms with van der Waals surface area (Å²) in [6.07, 6.45) is -1.21. The van der Waals surface area contributed by atoms with Gasteiger partial charge in [-0.3, -0.25) is 9.47 Å². The summed E-state index contributed by atoms with van der Waals surface area (Å²) in [5, 5.41) is 8.95. The molecule has 0 aliphatic carbocycles. The van der Waals surface area contributed by atoms with Crippen molar-refractivity contribution in [1.29, 1.82) is 0 Å². The molecule has 1 fully saturated rings. The molecule has 3 aromatic rings. The number of halogens is 3. The fourth-order valence-electron chi connectivity index (χ4n) is 3.97. The number of likely N-dealkylation sites (tertiary alicyclic amines) is 1. The SMILES string of the molecule is COC(=O)c1ccc(CSc2nnc(CN3CCCCC3)n2-c2ccccc2C(F)(F)F)cc1. The van der Waals surface area contributed by atoms with E-state index < -0.39 is 17.7 Å². The number of hydrogen-bond donors (Lipinski definition) is 0. The van der Waals surface area contributed by atoms with Gasteiger partial charge in [0, 0.05) is 5.75 Å². The first-order valence-corrected chi connectivity index (χ1v) is 12.0. The third kappa shape index (κ3) is 5.61. The second-order valence-corrected chi connectivity index (χ2v) is 9.01. The van der Waals surface area contributed by atoms with Gasteiger partial charge >= 0.3 is 12.1 Å². The molecule has 0 bridgehead atoms. The van der Waals surface area contributed by atoms with Crippen LogP contribution in [-0.4, -0.2) is 45.8 Å². The van der Waals surface area contributed by atoms with E-state index in [1.165, 1.54) is 35.6 Å². The third-order valence-electron chi connectivity index (χ3n) is 5.71. The Bertz CT molecular complexity index is 1130. The molecule has 0 amide bonds. The van der Waals surface area contributed by atoms with Gasteiger partial charge in [0.2, 0.25) is 0 Å². The van der Waals surface area contributed by atoms with Crippen LogP contribution in [0.4, 0.5) is 13.2 Å². The zero-order chi connectivity index (χ0) is 24.1. The molecular weight excluding hydrogens is 465 g/mol. The molecule has 0 radical (unpaired) electrons. The average Bonchev–Trinajstić information content (AvgIpc) is 3.24. The predicted octanol–water partition coefficient (Wildman–Crippen LogP) is 5.35. The second kappa shape index (κ2) is 10.6. The smallest absolute Gasteiger partial charge is 0.418 e. The van der Waals surface area contributed by atoms with Crippen LogP contribution < -0.4 is 0 Å². The van der Waals surface area contributed by atoms with Crippen molar-refractivity contribution in [2.45, 2.75) is 42.9 Å². The van der Waals surface area contributed by atoms with Crippen LogP contribution in [0.3, 0.4) is 0 Å². The maximum atomic E-state index is 13.8. The molecule has 0 saturated carbocycles. The van der Waals surface area contributed by atoms with Gasteiger partial charge in [-0.25, -0.2) is 4.79 Å². The standard InChI is InChI=1S/C24H25F3N4O2S/c1-33-22(32)18-11-9-17(10-12-18)16-34-23-29-28-21(15-30-13-5-2-6-14-30)31(23)20-8-4-3-7-19(20)24(25,26)27/h3-4,7-12H,2,5-6,13-16H2,1H3. The van der Waals surface area contributed by atoms with Crippen LogP contribution in [0.1, 0.15) is 46.6 Å². The van der Waals surface area contributed by atoms with E-state index in [0.717, 1.165) is 44.0 Å². The number of aromatic nitrogens is 3. The summed E-state index contributed by atoms with van der Waals surface area (Å²) < 4.78 is 47.8. The van der Waals surface area contributed by atoms with Crippen LogP contribution in [0.25, 0.3) is 5.69 Å². The summed E-state index contributed by atoms with van der Waals surface area (Å²) in [4.78, 5) is 13.8. The molecule has 0 atom stereocenters. The summed E-state index contributed by atoms with van der Waals surface area (Å²) in [6.45, 7) is 2.22.